The second-order valence-electron chi connectivity index (χ2n) is 8.07. The van der Waals surface area contributed by atoms with Crippen LogP contribution in [0.5, 0.6) is 11.5 Å². The first-order valence-corrected chi connectivity index (χ1v) is 11.1. The van der Waals surface area contributed by atoms with Gasteiger partial charge in [-0.05, 0) is 48.6 Å². The first-order chi connectivity index (χ1) is 15.7. The Morgan fingerprint density at radius 2 is 1.81 bits per heavy atom. The van der Waals surface area contributed by atoms with E-state index in [1.807, 2.05) is 48.5 Å². The number of carbonyl (C=O) groups is 2. The third kappa shape index (κ3) is 5.38. The molecule has 0 spiro atoms. The monoisotopic (exact) mass is 433 g/mol. The Morgan fingerprint density at radius 3 is 2.53 bits per heavy atom. The Bertz CT molecular complexity index is 998. The number of nitrogens with one attached hydrogen (secondary N) is 1. The van der Waals surface area contributed by atoms with E-state index in [2.05, 4.69) is 11.4 Å². The Morgan fingerprint density at radius 1 is 1.06 bits per heavy atom. The minimum absolute atomic E-state index is 0.0880. The van der Waals surface area contributed by atoms with Crippen LogP contribution in [0.1, 0.15) is 43.7 Å². The molecule has 0 radical (unpaired) electrons. The van der Waals surface area contributed by atoms with E-state index in [4.69, 9.17) is 14.7 Å². The van der Waals surface area contributed by atoms with Gasteiger partial charge in [-0.2, -0.15) is 5.26 Å². The van der Waals surface area contributed by atoms with E-state index in [9.17, 15) is 9.59 Å². The number of hydrogen-bond donors (Lipinski definition) is 1. The van der Waals surface area contributed by atoms with E-state index < -0.39 is 0 Å². The van der Waals surface area contributed by atoms with Crippen molar-refractivity contribution in [1.29, 1.82) is 5.26 Å². The maximum absolute atomic E-state index is 12.8. The van der Waals surface area contributed by atoms with Crippen LogP contribution in [0.3, 0.4) is 0 Å². The third-order valence-electron chi connectivity index (χ3n) is 5.72. The molecule has 2 aliphatic rings. The smallest absolute Gasteiger partial charge is 0.227 e. The van der Waals surface area contributed by atoms with Crippen molar-refractivity contribution >= 4 is 17.5 Å². The Hall–Kier alpha value is -3.53. The van der Waals surface area contributed by atoms with Gasteiger partial charge >= 0.3 is 0 Å². The van der Waals surface area contributed by atoms with Crippen LogP contribution >= 0.6 is 0 Å². The summed E-state index contributed by atoms with van der Waals surface area (Å²) in [5, 5.41) is 12.1. The van der Waals surface area contributed by atoms with Gasteiger partial charge in [0.15, 0.2) is 11.5 Å². The Kier molecular flexibility index (Phi) is 6.90. The zero-order valence-corrected chi connectivity index (χ0v) is 18.0. The van der Waals surface area contributed by atoms with Crippen LogP contribution in [0.25, 0.3) is 0 Å². The molecule has 1 saturated carbocycles. The minimum Gasteiger partial charge on any atom is -0.486 e. The molecule has 2 amide bonds. The first-order valence-electron chi connectivity index (χ1n) is 11.1. The lowest BCUT2D eigenvalue weighted by molar-refractivity contribution is -0.125. The molecule has 1 aliphatic carbocycles. The quantitative estimate of drug-likeness (QED) is 0.650. The summed E-state index contributed by atoms with van der Waals surface area (Å²) in [5.41, 5.74) is 1.73. The predicted molar refractivity (Wildman–Crippen MR) is 119 cm³/mol. The lowest BCUT2D eigenvalue weighted by Crippen LogP contribution is -2.34. The SMILES string of the molecule is N#CCCN(C(=O)CCC(=O)NC(c1ccc2c(c1)OCCO2)C1CC1)c1ccccc1. The number of ether oxygens (including phenoxy) is 2. The van der Waals surface area contributed by atoms with Gasteiger partial charge in [0, 0.05) is 25.1 Å². The van der Waals surface area contributed by atoms with Crippen molar-refractivity contribution in [1.82, 2.24) is 5.32 Å². The number of anilines is 1. The number of para-hydroxylation sites is 1. The highest BCUT2D eigenvalue weighted by molar-refractivity contribution is 5.95. The van der Waals surface area contributed by atoms with Gasteiger partial charge in [-0.3, -0.25) is 9.59 Å². The molecule has 2 aromatic rings. The van der Waals surface area contributed by atoms with Crippen molar-refractivity contribution in [2.75, 3.05) is 24.7 Å². The van der Waals surface area contributed by atoms with Crippen LogP contribution in [0.2, 0.25) is 0 Å². The van der Waals surface area contributed by atoms with Crippen molar-refractivity contribution < 1.29 is 19.1 Å². The number of rotatable bonds is 9. The zero-order chi connectivity index (χ0) is 22.3. The molecule has 2 aromatic carbocycles. The van der Waals surface area contributed by atoms with Gasteiger partial charge in [0.1, 0.15) is 13.2 Å². The lowest BCUT2D eigenvalue weighted by atomic mass is 10.0. The van der Waals surface area contributed by atoms with Crippen molar-refractivity contribution in [3.05, 3.63) is 54.1 Å². The topological polar surface area (TPSA) is 91.7 Å². The van der Waals surface area contributed by atoms with Crippen molar-refractivity contribution in [3.63, 3.8) is 0 Å². The molecule has 32 heavy (non-hydrogen) atoms. The van der Waals surface area contributed by atoms with Crippen LogP contribution in [-0.2, 0) is 9.59 Å². The maximum Gasteiger partial charge on any atom is 0.227 e. The second kappa shape index (κ2) is 10.2. The molecule has 0 bridgehead atoms. The molecule has 0 aromatic heterocycles. The summed E-state index contributed by atoms with van der Waals surface area (Å²) in [6.07, 6.45) is 2.55. The number of nitrogens with zero attached hydrogens (tertiary/aromatic N) is 2. The largest absolute Gasteiger partial charge is 0.486 e. The third-order valence-corrected chi connectivity index (χ3v) is 5.72. The Labute approximate surface area is 187 Å². The molecule has 166 valence electrons. The standard InChI is InChI=1S/C25H27N3O4/c26-13-4-14-28(20-5-2-1-3-6-20)24(30)12-11-23(29)27-25(18-7-8-18)19-9-10-21-22(17-19)32-16-15-31-21/h1-3,5-6,9-10,17-18,25H,4,7-8,11-12,14-16H2,(H,27,29). The van der Waals surface area contributed by atoms with Crippen LogP contribution in [0.15, 0.2) is 48.5 Å². The number of amides is 2. The highest BCUT2D eigenvalue weighted by Gasteiger charge is 2.34. The van der Waals surface area contributed by atoms with Gasteiger partial charge in [-0.15, -0.1) is 0 Å². The van der Waals surface area contributed by atoms with E-state index in [1.165, 1.54) is 0 Å². The normalized spacial score (nSPS) is 15.3. The first kappa shape index (κ1) is 21.7. The second-order valence-corrected chi connectivity index (χ2v) is 8.07. The Balaban J connectivity index is 1.37. The molecule has 1 aliphatic heterocycles. The van der Waals surface area contributed by atoms with E-state index in [0.29, 0.717) is 31.4 Å². The lowest BCUT2D eigenvalue weighted by Gasteiger charge is -2.24. The van der Waals surface area contributed by atoms with Crippen LogP contribution < -0.4 is 19.7 Å². The summed E-state index contributed by atoms with van der Waals surface area (Å²) in [5.74, 6) is 1.51. The van der Waals surface area contributed by atoms with Crippen molar-refractivity contribution in [3.8, 4) is 17.6 Å². The molecule has 1 N–H and O–H groups in total. The van der Waals surface area contributed by atoms with E-state index in [1.54, 1.807) is 4.90 Å². The number of fused-ring (bicyclic) bond motifs is 1. The molecule has 0 saturated heterocycles. The van der Waals surface area contributed by atoms with Gasteiger partial charge in [0.2, 0.25) is 11.8 Å². The molecule has 4 rings (SSSR count). The van der Waals surface area contributed by atoms with E-state index in [-0.39, 0.29) is 37.1 Å². The van der Waals surface area contributed by atoms with Crippen LogP contribution in [-0.4, -0.2) is 31.6 Å². The highest BCUT2D eigenvalue weighted by atomic mass is 16.6. The molecular weight excluding hydrogens is 406 g/mol. The summed E-state index contributed by atoms with van der Waals surface area (Å²) in [4.78, 5) is 27.1. The van der Waals surface area contributed by atoms with Gasteiger partial charge in [0.25, 0.3) is 0 Å². The average molecular weight is 434 g/mol. The number of nitriles is 1. The maximum atomic E-state index is 12.8. The fraction of sp³-hybridized carbons (Fsp3) is 0.400. The highest BCUT2D eigenvalue weighted by Crippen LogP contribution is 2.43. The summed E-state index contributed by atoms with van der Waals surface area (Å²) in [7, 11) is 0. The summed E-state index contributed by atoms with van der Waals surface area (Å²) >= 11 is 0. The average Bonchev–Trinajstić information content (AvgIpc) is 3.67. The molecule has 1 atom stereocenters. The zero-order valence-electron chi connectivity index (χ0n) is 18.0. The molecule has 1 heterocycles. The van der Waals surface area contributed by atoms with Gasteiger partial charge in [0.05, 0.1) is 18.5 Å². The van der Waals surface area contributed by atoms with Crippen LogP contribution in [0, 0.1) is 17.2 Å². The molecule has 7 heteroatoms. The fourth-order valence-electron chi connectivity index (χ4n) is 3.92. The summed E-state index contributed by atoms with van der Waals surface area (Å²) in [6.45, 7) is 1.36. The summed E-state index contributed by atoms with van der Waals surface area (Å²) in [6, 6.07) is 17.0. The van der Waals surface area contributed by atoms with Crippen molar-refractivity contribution in [2.24, 2.45) is 5.92 Å². The van der Waals surface area contributed by atoms with E-state index >= 15 is 0 Å². The van der Waals surface area contributed by atoms with Crippen molar-refractivity contribution in [2.45, 2.75) is 38.1 Å². The molecule has 1 unspecified atom stereocenters. The number of hydrogen-bond acceptors (Lipinski definition) is 5. The number of carbonyl (C=O) groups excluding carboxylic acids is 2. The molecule has 1 fully saturated rings. The summed E-state index contributed by atoms with van der Waals surface area (Å²) < 4.78 is 11.3. The fourth-order valence-corrected chi connectivity index (χ4v) is 3.92. The molecule has 7 nitrogen and oxygen atoms in total. The van der Waals surface area contributed by atoms with Gasteiger partial charge in [-0.25, -0.2) is 0 Å². The van der Waals surface area contributed by atoms with Gasteiger partial charge in [-0.1, -0.05) is 24.3 Å². The predicted octanol–water partition coefficient (Wildman–Crippen LogP) is 3.75. The molecular formula is C25H27N3O4. The number of benzene rings is 2. The van der Waals surface area contributed by atoms with E-state index in [0.717, 1.165) is 29.8 Å². The minimum atomic E-state index is -0.163. The van der Waals surface area contributed by atoms with Gasteiger partial charge < -0.3 is 19.7 Å². The van der Waals surface area contributed by atoms with Crippen LogP contribution in [0.4, 0.5) is 5.69 Å².